The summed E-state index contributed by atoms with van der Waals surface area (Å²) < 4.78 is 22.4. The highest BCUT2D eigenvalue weighted by atomic mass is 35.5. The standard InChI is InChI=1S/C25H27ClN2O7/c1-24(2,3)34-23(31)28(22(29)30)21-17-12-18(26)15(10-20(17)35-27-21)13-32-16-7-6-14-8-9-25(4,5)33-19(14)11-16/h6-7,10-12H,8-9,13H2,1-5H3,(H,29,30)/p-1. The van der Waals surface area contributed by atoms with Gasteiger partial charge in [-0.05, 0) is 71.2 Å². The highest BCUT2D eigenvalue weighted by molar-refractivity contribution is 6.32. The fourth-order valence-electron chi connectivity index (χ4n) is 3.69. The zero-order valence-corrected chi connectivity index (χ0v) is 20.9. The summed E-state index contributed by atoms with van der Waals surface area (Å²) in [6.07, 6.45) is -1.09. The van der Waals surface area contributed by atoms with Crippen molar-refractivity contribution in [3.05, 3.63) is 46.5 Å². The van der Waals surface area contributed by atoms with Crippen LogP contribution in [0.25, 0.3) is 11.0 Å². The van der Waals surface area contributed by atoms with E-state index in [1.165, 1.54) is 6.07 Å². The molecule has 2 heterocycles. The lowest BCUT2D eigenvalue weighted by atomic mass is 9.94. The number of aryl methyl sites for hydroxylation is 1. The van der Waals surface area contributed by atoms with Gasteiger partial charge in [0.25, 0.3) is 0 Å². The van der Waals surface area contributed by atoms with E-state index in [2.05, 4.69) is 19.0 Å². The summed E-state index contributed by atoms with van der Waals surface area (Å²) in [6.45, 7) is 9.04. The van der Waals surface area contributed by atoms with Gasteiger partial charge in [-0.1, -0.05) is 22.8 Å². The lowest BCUT2D eigenvalue weighted by molar-refractivity contribution is -0.245. The van der Waals surface area contributed by atoms with E-state index in [4.69, 9.17) is 30.3 Å². The van der Waals surface area contributed by atoms with E-state index in [0.29, 0.717) is 11.3 Å². The number of halogens is 1. The molecule has 4 rings (SSSR count). The predicted molar refractivity (Wildman–Crippen MR) is 127 cm³/mol. The Bertz CT molecular complexity index is 1290. The van der Waals surface area contributed by atoms with Crippen LogP contribution in [-0.4, -0.2) is 28.5 Å². The van der Waals surface area contributed by atoms with Crippen molar-refractivity contribution in [3.8, 4) is 11.5 Å². The Kier molecular flexibility index (Phi) is 6.31. The Balaban J connectivity index is 1.56. The minimum absolute atomic E-state index is 0.114. The third-order valence-corrected chi connectivity index (χ3v) is 5.76. The quantitative estimate of drug-likeness (QED) is 0.476. The first-order valence-corrected chi connectivity index (χ1v) is 11.5. The van der Waals surface area contributed by atoms with Crippen LogP contribution in [0.2, 0.25) is 5.02 Å². The lowest BCUT2D eigenvalue weighted by Gasteiger charge is -2.32. The maximum Gasteiger partial charge on any atom is 0.421 e. The number of hydrogen-bond donors (Lipinski definition) is 0. The molecule has 10 heteroatoms. The first kappa shape index (κ1) is 24.7. The number of imide groups is 1. The summed E-state index contributed by atoms with van der Waals surface area (Å²) in [6, 6.07) is 8.75. The van der Waals surface area contributed by atoms with Gasteiger partial charge in [-0.15, -0.1) is 0 Å². The van der Waals surface area contributed by atoms with Crippen LogP contribution in [0.1, 0.15) is 52.2 Å². The molecular formula is C25H26ClN2O7-. The maximum atomic E-state index is 12.4. The molecule has 0 radical (unpaired) electrons. The molecule has 2 amide bonds. The summed E-state index contributed by atoms with van der Waals surface area (Å²) in [7, 11) is 0. The van der Waals surface area contributed by atoms with Crippen LogP contribution in [0, 0.1) is 0 Å². The highest BCUT2D eigenvalue weighted by Crippen LogP contribution is 2.36. The van der Waals surface area contributed by atoms with Crippen LogP contribution in [0.15, 0.2) is 34.9 Å². The number of benzene rings is 2. The Morgan fingerprint density at radius 3 is 2.66 bits per heavy atom. The van der Waals surface area contributed by atoms with Crippen molar-refractivity contribution in [2.75, 3.05) is 4.90 Å². The Hall–Kier alpha value is -3.46. The van der Waals surface area contributed by atoms with Crippen molar-refractivity contribution in [1.29, 1.82) is 0 Å². The molecule has 9 nitrogen and oxygen atoms in total. The number of anilines is 1. The molecular weight excluding hydrogens is 476 g/mol. The first-order chi connectivity index (χ1) is 16.3. The number of rotatable bonds is 4. The molecule has 3 aromatic rings. The Morgan fingerprint density at radius 2 is 1.97 bits per heavy atom. The van der Waals surface area contributed by atoms with Gasteiger partial charge >= 0.3 is 6.09 Å². The molecule has 0 saturated carbocycles. The molecule has 186 valence electrons. The van der Waals surface area contributed by atoms with Gasteiger partial charge in [0.2, 0.25) is 0 Å². The molecule has 0 atom stereocenters. The van der Waals surface area contributed by atoms with E-state index in [-0.39, 0.29) is 38.9 Å². The molecule has 1 aliphatic heterocycles. The average molecular weight is 502 g/mol. The topological polar surface area (TPSA) is 114 Å². The van der Waals surface area contributed by atoms with E-state index in [9.17, 15) is 14.7 Å². The van der Waals surface area contributed by atoms with E-state index < -0.39 is 17.8 Å². The van der Waals surface area contributed by atoms with Crippen molar-refractivity contribution >= 4 is 40.6 Å². The molecule has 0 fully saturated rings. The van der Waals surface area contributed by atoms with Crippen molar-refractivity contribution in [2.45, 2.75) is 65.3 Å². The zero-order chi connectivity index (χ0) is 25.5. The van der Waals surface area contributed by atoms with Gasteiger partial charge in [-0.2, -0.15) is 0 Å². The molecule has 0 bridgehead atoms. The Labute approximate surface area is 207 Å². The van der Waals surface area contributed by atoms with Crippen molar-refractivity contribution in [1.82, 2.24) is 5.16 Å². The summed E-state index contributed by atoms with van der Waals surface area (Å²) in [5.41, 5.74) is 0.770. The molecule has 1 aromatic heterocycles. The van der Waals surface area contributed by atoms with Gasteiger partial charge in [0, 0.05) is 16.7 Å². The van der Waals surface area contributed by atoms with Crippen molar-refractivity contribution in [2.24, 2.45) is 0 Å². The number of carbonyl (C=O) groups is 2. The molecule has 0 spiro atoms. The minimum atomic E-state index is -1.81. The van der Waals surface area contributed by atoms with E-state index >= 15 is 0 Å². The molecule has 1 aliphatic rings. The summed E-state index contributed by atoms with van der Waals surface area (Å²) >= 11 is 6.45. The third kappa shape index (κ3) is 5.45. The second kappa shape index (κ2) is 8.96. The van der Waals surface area contributed by atoms with Gasteiger partial charge in [0.15, 0.2) is 17.5 Å². The zero-order valence-electron chi connectivity index (χ0n) is 20.1. The maximum absolute atomic E-state index is 12.4. The predicted octanol–water partition coefficient (Wildman–Crippen LogP) is 5.25. The largest absolute Gasteiger partial charge is 0.529 e. The molecule has 0 N–H and O–H groups in total. The molecule has 0 unspecified atom stereocenters. The molecule has 2 aromatic carbocycles. The van der Waals surface area contributed by atoms with Crippen LogP contribution < -0.4 is 19.5 Å². The SMILES string of the molecule is CC(C)(C)OC(=O)N(C(=O)[O-])c1noc2cc(COc3ccc4c(c3)OC(C)(C)CC4)c(Cl)cc12. The number of carbonyl (C=O) groups excluding carboxylic acids is 2. The normalized spacial score (nSPS) is 14.7. The number of amides is 2. The van der Waals surface area contributed by atoms with Gasteiger partial charge in [0.05, 0.1) is 5.39 Å². The third-order valence-electron chi connectivity index (χ3n) is 5.41. The molecule has 0 aliphatic carbocycles. The van der Waals surface area contributed by atoms with Crippen LogP contribution in [0.3, 0.4) is 0 Å². The second-order valence-corrected chi connectivity index (χ2v) is 10.4. The number of hydrogen-bond acceptors (Lipinski definition) is 8. The van der Waals surface area contributed by atoms with E-state index in [1.54, 1.807) is 26.8 Å². The average Bonchev–Trinajstić information content (AvgIpc) is 3.11. The van der Waals surface area contributed by atoms with E-state index in [0.717, 1.165) is 24.2 Å². The van der Waals surface area contributed by atoms with Crippen LogP contribution in [0.4, 0.5) is 15.4 Å². The number of aromatic nitrogens is 1. The smallest absolute Gasteiger partial charge is 0.421 e. The fraction of sp³-hybridized carbons (Fsp3) is 0.400. The van der Waals surface area contributed by atoms with E-state index in [1.807, 2.05) is 18.2 Å². The first-order valence-electron chi connectivity index (χ1n) is 11.1. The number of fused-ring (bicyclic) bond motifs is 2. The number of nitrogens with zero attached hydrogens (tertiary/aromatic N) is 2. The summed E-state index contributed by atoms with van der Waals surface area (Å²) in [4.78, 5) is 24.4. The highest BCUT2D eigenvalue weighted by Gasteiger charge is 2.29. The molecule has 35 heavy (non-hydrogen) atoms. The minimum Gasteiger partial charge on any atom is -0.529 e. The number of ether oxygens (including phenoxy) is 3. The second-order valence-electron chi connectivity index (χ2n) is 9.95. The summed E-state index contributed by atoms with van der Waals surface area (Å²) in [5.74, 6) is 1.12. The Morgan fingerprint density at radius 1 is 1.23 bits per heavy atom. The van der Waals surface area contributed by atoms with Crippen LogP contribution in [-0.2, 0) is 17.8 Å². The summed E-state index contributed by atoms with van der Waals surface area (Å²) in [5, 5.41) is 15.9. The van der Waals surface area contributed by atoms with Crippen LogP contribution >= 0.6 is 11.6 Å². The number of carboxylic acid groups (broad SMARTS) is 1. The van der Waals surface area contributed by atoms with Crippen molar-refractivity contribution in [3.63, 3.8) is 0 Å². The monoisotopic (exact) mass is 501 g/mol. The molecule has 0 saturated heterocycles. The van der Waals surface area contributed by atoms with Gasteiger partial charge in [-0.3, -0.25) is 0 Å². The lowest BCUT2D eigenvalue weighted by Crippen LogP contribution is -2.47. The van der Waals surface area contributed by atoms with Crippen molar-refractivity contribution < 1.29 is 33.4 Å². The fourth-order valence-corrected chi connectivity index (χ4v) is 3.90. The van der Waals surface area contributed by atoms with Gasteiger partial charge < -0.3 is 28.6 Å². The van der Waals surface area contributed by atoms with Gasteiger partial charge in [0.1, 0.15) is 29.3 Å². The van der Waals surface area contributed by atoms with Gasteiger partial charge in [-0.25, -0.2) is 9.69 Å². The van der Waals surface area contributed by atoms with Crippen LogP contribution in [0.5, 0.6) is 11.5 Å².